The Kier molecular flexibility index (Phi) is 4.49. The van der Waals surface area contributed by atoms with Gasteiger partial charge in [-0.3, -0.25) is 0 Å². The molecule has 0 bridgehead atoms. The molecule has 0 saturated carbocycles. The summed E-state index contributed by atoms with van der Waals surface area (Å²) in [4.78, 5) is 23.3. The molecule has 0 aliphatic carbocycles. The first-order valence-corrected chi connectivity index (χ1v) is 5.78. The molecule has 0 N–H and O–H groups in total. The Balaban J connectivity index is 2.92. The average Bonchev–Trinajstić information content (AvgIpc) is 2.61. The minimum atomic E-state index is -0.452. The van der Waals surface area contributed by atoms with Crippen LogP contribution in [0.1, 0.15) is 39.4 Å². The van der Waals surface area contributed by atoms with Gasteiger partial charge in [-0.05, 0) is 26.3 Å². The van der Waals surface area contributed by atoms with E-state index in [0.717, 1.165) is 11.3 Å². The molecule has 5 heteroatoms. The number of carbonyl (C=O) groups excluding carboxylic acids is 2. The van der Waals surface area contributed by atoms with Gasteiger partial charge in [-0.1, -0.05) is 0 Å². The Morgan fingerprint density at radius 2 is 1.75 bits per heavy atom. The number of thiophene rings is 1. The van der Waals surface area contributed by atoms with Crippen molar-refractivity contribution in [1.82, 2.24) is 0 Å². The van der Waals surface area contributed by atoms with Gasteiger partial charge in [-0.15, -0.1) is 11.3 Å². The Bertz CT molecular complexity index is 359. The van der Waals surface area contributed by atoms with Gasteiger partial charge in [0.15, 0.2) is 0 Å². The van der Waals surface area contributed by atoms with Crippen molar-refractivity contribution < 1.29 is 19.1 Å². The molecule has 0 unspecified atom stereocenters. The zero-order valence-corrected chi connectivity index (χ0v) is 10.3. The monoisotopic (exact) mass is 241 g/mol. The molecule has 87 valence electrons. The summed E-state index contributed by atoms with van der Waals surface area (Å²) in [5.74, 6) is -0.872. The second-order valence-corrected chi connectivity index (χ2v) is 3.79. The number of hydrogen-bond acceptors (Lipinski definition) is 5. The molecular formula is C11H13O4S. The van der Waals surface area contributed by atoms with Crippen LogP contribution >= 0.6 is 11.3 Å². The van der Waals surface area contributed by atoms with Crippen LogP contribution in [0.2, 0.25) is 0 Å². The van der Waals surface area contributed by atoms with E-state index in [9.17, 15) is 9.59 Å². The summed E-state index contributed by atoms with van der Waals surface area (Å²) >= 11 is 1.08. The zero-order chi connectivity index (χ0) is 12.1. The highest BCUT2D eigenvalue weighted by molar-refractivity contribution is 7.12. The van der Waals surface area contributed by atoms with E-state index in [1.54, 1.807) is 20.8 Å². The number of rotatable bonds is 4. The molecule has 1 heterocycles. The smallest absolute Gasteiger partial charge is 0.348 e. The van der Waals surface area contributed by atoms with Crippen LogP contribution < -0.4 is 0 Å². The van der Waals surface area contributed by atoms with Crippen molar-refractivity contribution in [1.29, 1.82) is 0 Å². The first-order valence-electron chi connectivity index (χ1n) is 4.97. The van der Waals surface area contributed by atoms with E-state index in [2.05, 4.69) is 5.38 Å². The maximum Gasteiger partial charge on any atom is 0.348 e. The van der Waals surface area contributed by atoms with Crippen LogP contribution in [0.25, 0.3) is 0 Å². The first kappa shape index (κ1) is 12.7. The second-order valence-electron chi connectivity index (χ2n) is 2.97. The summed E-state index contributed by atoms with van der Waals surface area (Å²) < 4.78 is 9.71. The molecule has 1 rings (SSSR count). The third kappa shape index (κ3) is 2.61. The topological polar surface area (TPSA) is 52.6 Å². The van der Waals surface area contributed by atoms with E-state index in [4.69, 9.17) is 9.47 Å². The molecule has 0 aliphatic heterocycles. The molecular weight excluding hydrogens is 228 g/mol. The Morgan fingerprint density at radius 3 is 2.31 bits per heavy atom. The van der Waals surface area contributed by atoms with Crippen molar-refractivity contribution in [3.63, 3.8) is 0 Å². The van der Waals surface area contributed by atoms with Crippen LogP contribution in [0.3, 0.4) is 0 Å². The highest BCUT2D eigenvalue weighted by Crippen LogP contribution is 2.22. The fourth-order valence-electron chi connectivity index (χ4n) is 1.16. The largest absolute Gasteiger partial charge is 0.462 e. The predicted molar refractivity (Wildman–Crippen MR) is 59.8 cm³/mol. The third-order valence-electron chi connectivity index (χ3n) is 1.91. The Morgan fingerprint density at radius 1 is 1.19 bits per heavy atom. The molecule has 0 spiro atoms. The first-order chi connectivity index (χ1) is 7.61. The molecule has 1 aromatic heterocycles. The Labute approximate surface area is 98.2 Å². The van der Waals surface area contributed by atoms with Crippen molar-refractivity contribution >= 4 is 23.3 Å². The van der Waals surface area contributed by atoms with Gasteiger partial charge >= 0.3 is 11.9 Å². The SMILES string of the molecule is CCOC(=O)c1[c]sc(C(=O)OCC)c1C. The quantitative estimate of drug-likeness (QED) is 0.758. The molecule has 1 aromatic rings. The highest BCUT2D eigenvalue weighted by atomic mass is 32.1. The van der Waals surface area contributed by atoms with Crippen LogP contribution in [-0.2, 0) is 9.47 Å². The molecule has 0 aromatic carbocycles. The van der Waals surface area contributed by atoms with E-state index in [0.29, 0.717) is 29.2 Å². The molecule has 0 aliphatic rings. The van der Waals surface area contributed by atoms with Crippen LogP contribution in [-0.4, -0.2) is 25.2 Å². The van der Waals surface area contributed by atoms with Crippen molar-refractivity contribution in [2.24, 2.45) is 0 Å². The number of carbonyl (C=O) groups is 2. The molecule has 0 amide bonds. The standard InChI is InChI=1S/C11H13O4S/c1-4-14-10(12)8-6-16-9(7(8)3)11(13)15-5-2/h4-5H2,1-3H3. The van der Waals surface area contributed by atoms with Gasteiger partial charge in [0, 0.05) is 0 Å². The maximum atomic E-state index is 11.5. The summed E-state index contributed by atoms with van der Waals surface area (Å²) in [7, 11) is 0. The van der Waals surface area contributed by atoms with Gasteiger partial charge in [-0.2, -0.15) is 0 Å². The normalized spacial score (nSPS) is 9.94. The van der Waals surface area contributed by atoms with Crippen molar-refractivity contribution in [3.8, 4) is 0 Å². The summed E-state index contributed by atoms with van der Waals surface area (Å²) in [6.07, 6.45) is 0. The van der Waals surface area contributed by atoms with E-state index in [1.807, 2.05) is 0 Å². The highest BCUT2D eigenvalue weighted by Gasteiger charge is 2.20. The number of esters is 2. The van der Waals surface area contributed by atoms with Gasteiger partial charge in [-0.25, -0.2) is 9.59 Å². The molecule has 0 fully saturated rings. The Hall–Kier alpha value is -1.36. The lowest BCUT2D eigenvalue weighted by atomic mass is 10.2. The summed E-state index contributed by atoms with van der Waals surface area (Å²) in [6.45, 7) is 5.76. The number of ether oxygens (including phenoxy) is 2. The van der Waals surface area contributed by atoms with Gasteiger partial charge in [0.05, 0.1) is 24.2 Å². The second kappa shape index (κ2) is 5.65. The van der Waals surface area contributed by atoms with Crippen molar-refractivity contribution in [2.45, 2.75) is 20.8 Å². The van der Waals surface area contributed by atoms with E-state index in [1.165, 1.54) is 0 Å². The van der Waals surface area contributed by atoms with Crippen molar-refractivity contribution in [2.75, 3.05) is 13.2 Å². The maximum absolute atomic E-state index is 11.5. The minimum Gasteiger partial charge on any atom is -0.462 e. The fraction of sp³-hybridized carbons (Fsp3) is 0.455. The molecule has 1 radical (unpaired) electrons. The minimum absolute atomic E-state index is 0.302. The third-order valence-corrected chi connectivity index (χ3v) is 2.89. The summed E-state index contributed by atoms with van der Waals surface area (Å²) in [6, 6.07) is 0. The zero-order valence-electron chi connectivity index (χ0n) is 9.46. The van der Waals surface area contributed by atoms with Gasteiger partial charge in [0.1, 0.15) is 4.88 Å². The van der Waals surface area contributed by atoms with Crippen LogP contribution in [0, 0.1) is 12.3 Å². The summed E-state index contributed by atoms with van der Waals surface area (Å²) in [5.41, 5.74) is 0.886. The lowest BCUT2D eigenvalue weighted by Crippen LogP contribution is -2.08. The molecule has 0 atom stereocenters. The van der Waals surface area contributed by atoms with E-state index in [-0.39, 0.29) is 0 Å². The average molecular weight is 241 g/mol. The lowest BCUT2D eigenvalue weighted by molar-refractivity contribution is 0.0526. The molecule has 16 heavy (non-hydrogen) atoms. The van der Waals surface area contributed by atoms with E-state index >= 15 is 0 Å². The fourth-order valence-corrected chi connectivity index (χ4v) is 2.00. The van der Waals surface area contributed by atoms with Gasteiger partial charge in [0.25, 0.3) is 0 Å². The van der Waals surface area contributed by atoms with E-state index < -0.39 is 11.9 Å². The predicted octanol–water partition coefficient (Wildman–Crippen LogP) is 2.21. The van der Waals surface area contributed by atoms with Gasteiger partial charge < -0.3 is 9.47 Å². The van der Waals surface area contributed by atoms with Crippen LogP contribution in [0.5, 0.6) is 0 Å². The lowest BCUT2D eigenvalue weighted by Gasteiger charge is -2.02. The molecule has 4 nitrogen and oxygen atoms in total. The number of hydrogen-bond donors (Lipinski definition) is 0. The van der Waals surface area contributed by atoms with Crippen LogP contribution in [0.15, 0.2) is 0 Å². The molecule has 0 saturated heterocycles. The summed E-state index contributed by atoms with van der Waals surface area (Å²) in [5, 5.41) is 2.76. The van der Waals surface area contributed by atoms with Crippen molar-refractivity contribution in [3.05, 3.63) is 21.4 Å². The van der Waals surface area contributed by atoms with Gasteiger partial charge in [0.2, 0.25) is 0 Å². The van der Waals surface area contributed by atoms with Crippen LogP contribution in [0.4, 0.5) is 0 Å².